The van der Waals surface area contributed by atoms with Gasteiger partial charge in [-0.25, -0.2) is 14.8 Å². The van der Waals surface area contributed by atoms with Crippen molar-refractivity contribution in [3.05, 3.63) is 17.6 Å². The molecule has 1 aliphatic rings. The molecule has 2 heterocycles. The normalized spacial score (nSPS) is 18.4. The van der Waals surface area contributed by atoms with Crippen molar-refractivity contribution in [1.82, 2.24) is 19.8 Å². The van der Waals surface area contributed by atoms with Gasteiger partial charge in [-0.3, -0.25) is 9.59 Å². The Hall–Kier alpha value is -2.91. The second-order valence-corrected chi connectivity index (χ2v) is 10.8. The van der Waals surface area contributed by atoms with E-state index in [1.165, 1.54) is 6.20 Å². The molecule has 0 saturated carbocycles. The molecule has 0 spiro atoms. The molecule has 2 rings (SSSR count). The molecule has 196 valence electrons. The van der Waals surface area contributed by atoms with Gasteiger partial charge in [0.25, 0.3) is 5.91 Å². The van der Waals surface area contributed by atoms with Gasteiger partial charge in [-0.15, -0.1) is 0 Å². The van der Waals surface area contributed by atoms with Gasteiger partial charge in [0.1, 0.15) is 17.2 Å². The highest BCUT2D eigenvalue weighted by molar-refractivity contribution is 5.98. The molecular weight excluding hydrogens is 450 g/mol. The van der Waals surface area contributed by atoms with Crippen molar-refractivity contribution in [3.63, 3.8) is 0 Å². The number of hydrogen-bond donors (Lipinski definition) is 3. The molecule has 10 nitrogen and oxygen atoms in total. The Labute approximate surface area is 208 Å². The van der Waals surface area contributed by atoms with Gasteiger partial charge >= 0.3 is 12.1 Å². The molecule has 35 heavy (non-hydrogen) atoms. The van der Waals surface area contributed by atoms with Crippen molar-refractivity contribution >= 4 is 23.8 Å². The maximum Gasteiger partial charge on any atom is 0.407 e. The first-order valence-electron chi connectivity index (χ1n) is 12.5. The number of amides is 2. The number of nitrogens with one attached hydrogen (secondary N) is 1. The average Bonchev–Trinajstić information content (AvgIpc) is 2.78. The molecule has 2 amide bonds. The van der Waals surface area contributed by atoms with Crippen molar-refractivity contribution in [2.75, 3.05) is 31.5 Å². The number of anilines is 1. The number of carboxylic acid groups (broad SMARTS) is 2. The highest BCUT2D eigenvalue weighted by Crippen LogP contribution is 2.27. The Morgan fingerprint density at radius 2 is 1.89 bits per heavy atom. The molecule has 1 aromatic heterocycles. The summed E-state index contributed by atoms with van der Waals surface area (Å²) in [4.78, 5) is 49.2. The lowest BCUT2D eigenvalue weighted by Crippen LogP contribution is -2.56. The first-order valence-corrected chi connectivity index (χ1v) is 12.5. The second kappa shape index (κ2) is 12.2. The molecule has 0 unspecified atom stereocenters. The number of hydrogen-bond acceptors (Lipinski definition) is 6. The van der Waals surface area contributed by atoms with Crippen LogP contribution in [0.1, 0.15) is 83.4 Å². The summed E-state index contributed by atoms with van der Waals surface area (Å²) in [5, 5.41) is 22.5. The van der Waals surface area contributed by atoms with Gasteiger partial charge in [0.15, 0.2) is 0 Å². The van der Waals surface area contributed by atoms with Crippen LogP contribution in [0, 0.1) is 11.8 Å². The summed E-state index contributed by atoms with van der Waals surface area (Å²) in [5.41, 5.74) is 0.00789. The van der Waals surface area contributed by atoms with Gasteiger partial charge in [0.2, 0.25) is 0 Å². The summed E-state index contributed by atoms with van der Waals surface area (Å²) in [6, 6.07) is -0.564. The first kappa shape index (κ1) is 28.3. The van der Waals surface area contributed by atoms with E-state index in [9.17, 15) is 24.6 Å². The summed E-state index contributed by atoms with van der Waals surface area (Å²) in [5.74, 6) is -1.09. The molecule has 1 aromatic rings. The van der Waals surface area contributed by atoms with Crippen LogP contribution in [0.25, 0.3) is 0 Å². The number of aromatic nitrogens is 2. The van der Waals surface area contributed by atoms with E-state index in [2.05, 4.69) is 22.2 Å². The maximum absolute atomic E-state index is 13.9. The van der Waals surface area contributed by atoms with Gasteiger partial charge < -0.3 is 25.3 Å². The van der Waals surface area contributed by atoms with E-state index in [1.807, 2.05) is 34.6 Å². The molecular formula is C25H41N5O5. The van der Waals surface area contributed by atoms with Crippen molar-refractivity contribution in [1.29, 1.82) is 0 Å². The minimum Gasteiger partial charge on any atom is -0.481 e. The number of unbranched alkanes of at least 4 members (excludes halogenated alkanes) is 2. The van der Waals surface area contributed by atoms with Crippen molar-refractivity contribution in [2.45, 2.75) is 78.7 Å². The molecule has 0 aromatic carbocycles. The highest BCUT2D eigenvalue weighted by atomic mass is 16.4. The molecule has 1 saturated heterocycles. The molecule has 0 bridgehead atoms. The number of carboxylic acids is 1. The standard InChI is InChI=1S/C25H41N5O5/c1-7-8-9-10-26-20-19(12-27-23(28-20)25(4,5)6)21(31)30(13-16(2)3)18-11-17(22(32)33)14-29(15-18)24(34)35/h12,16-18H,7-11,13-15H2,1-6H3,(H,32,33)(H,34,35)(H,26,27,28)/t17-,18+/m1/s1. The Kier molecular flexibility index (Phi) is 9.85. The van der Waals surface area contributed by atoms with Crippen LogP contribution in [-0.2, 0) is 10.2 Å². The maximum atomic E-state index is 13.9. The SMILES string of the molecule is CCCCCNc1nc(C(C)(C)C)ncc1C(=O)N(CC(C)C)[C@H]1C[C@@H](C(=O)O)CN(C(=O)O)C1. The topological polar surface area (TPSA) is 136 Å². The largest absolute Gasteiger partial charge is 0.481 e. The minimum absolute atomic E-state index is 0.0672. The Morgan fingerprint density at radius 1 is 1.20 bits per heavy atom. The van der Waals surface area contributed by atoms with Crippen LogP contribution in [0.2, 0.25) is 0 Å². The number of aliphatic carboxylic acids is 1. The third-order valence-electron chi connectivity index (χ3n) is 6.07. The van der Waals surface area contributed by atoms with Gasteiger partial charge in [-0.05, 0) is 18.8 Å². The first-order chi connectivity index (χ1) is 16.3. The fraction of sp³-hybridized carbons (Fsp3) is 0.720. The van der Waals surface area contributed by atoms with Crippen LogP contribution < -0.4 is 5.32 Å². The molecule has 0 aliphatic carbocycles. The summed E-state index contributed by atoms with van der Waals surface area (Å²) in [6.45, 7) is 13.1. The number of rotatable bonds is 10. The lowest BCUT2D eigenvalue weighted by molar-refractivity contribution is -0.144. The Morgan fingerprint density at radius 3 is 2.43 bits per heavy atom. The fourth-order valence-electron chi connectivity index (χ4n) is 4.20. The lowest BCUT2D eigenvalue weighted by atomic mass is 9.92. The van der Waals surface area contributed by atoms with Crippen molar-refractivity contribution in [3.8, 4) is 0 Å². The third kappa shape index (κ3) is 7.80. The van der Waals surface area contributed by atoms with Crippen LogP contribution in [0.5, 0.6) is 0 Å². The highest BCUT2D eigenvalue weighted by Gasteiger charge is 2.39. The molecule has 3 N–H and O–H groups in total. The Balaban J connectivity index is 2.45. The molecule has 1 aliphatic heterocycles. The summed E-state index contributed by atoms with van der Waals surface area (Å²) in [7, 11) is 0. The molecule has 2 atom stereocenters. The van der Waals surface area contributed by atoms with Gasteiger partial charge in [0, 0.05) is 37.8 Å². The van der Waals surface area contributed by atoms with Crippen molar-refractivity contribution in [2.24, 2.45) is 11.8 Å². The van der Waals surface area contributed by atoms with Crippen molar-refractivity contribution < 1.29 is 24.6 Å². The monoisotopic (exact) mass is 491 g/mol. The van der Waals surface area contributed by atoms with E-state index in [-0.39, 0.29) is 36.8 Å². The summed E-state index contributed by atoms with van der Waals surface area (Å²) >= 11 is 0. The molecule has 1 fully saturated rings. The van der Waals surface area contributed by atoms with Gasteiger partial charge in [-0.1, -0.05) is 54.4 Å². The van der Waals surface area contributed by atoms with E-state index in [1.54, 1.807) is 4.90 Å². The zero-order chi connectivity index (χ0) is 26.3. The van der Waals surface area contributed by atoms with Crippen LogP contribution in [0.4, 0.5) is 10.6 Å². The molecule has 10 heteroatoms. The second-order valence-electron chi connectivity index (χ2n) is 10.8. The average molecular weight is 492 g/mol. The van der Waals surface area contributed by atoms with E-state index in [0.29, 0.717) is 30.3 Å². The predicted molar refractivity (Wildman–Crippen MR) is 134 cm³/mol. The minimum atomic E-state index is -1.19. The lowest BCUT2D eigenvalue weighted by Gasteiger charge is -2.41. The van der Waals surface area contributed by atoms with Gasteiger partial charge in [0.05, 0.1) is 12.0 Å². The third-order valence-corrected chi connectivity index (χ3v) is 6.07. The fourth-order valence-corrected chi connectivity index (χ4v) is 4.20. The van der Waals surface area contributed by atoms with E-state index < -0.39 is 24.0 Å². The number of nitrogens with zero attached hydrogens (tertiary/aromatic N) is 4. The predicted octanol–water partition coefficient (Wildman–Crippen LogP) is 3.93. The quantitative estimate of drug-likeness (QED) is 0.419. The number of carbonyl (C=O) groups is 3. The van der Waals surface area contributed by atoms with E-state index in [0.717, 1.165) is 24.2 Å². The number of likely N-dealkylation sites (tertiary alicyclic amines) is 1. The Bertz CT molecular complexity index is 877. The summed E-state index contributed by atoms with van der Waals surface area (Å²) in [6.07, 6.45) is 3.60. The van der Waals surface area contributed by atoms with Crippen LogP contribution in [0.3, 0.4) is 0 Å². The van der Waals surface area contributed by atoms with E-state index in [4.69, 9.17) is 0 Å². The van der Waals surface area contributed by atoms with Crippen LogP contribution in [-0.4, -0.2) is 80.2 Å². The number of carbonyl (C=O) groups excluding carboxylic acids is 1. The number of piperidine rings is 1. The zero-order valence-electron chi connectivity index (χ0n) is 21.9. The smallest absolute Gasteiger partial charge is 0.407 e. The van der Waals surface area contributed by atoms with Crippen LogP contribution >= 0.6 is 0 Å². The molecule has 0 radical (unpaired) electrons. The van der Waals surface area contributed by atoms with E-state index >= 15 is 0 Å². The summed E-state index contributed by atoms with van der Waals surface area (Å²) < 4.78 is 0. The van der Waals surface area contributed by atoms with Crippen LogP contribution in [0.15, 0.2) is 6.20 Å². The van der Waals surface area contributed by atoms with Gasteiger partial charge in [-0.2, -0.15) is 0 Å². The zero-order valence-corrected chi connectivity index (χ0v) is 21.9.